The van der Waals surface area contributed by atoms with Crippen LogP contribution in [0.5, 0.6) is 0 Å². The Morgan fingerprint density at radius 3 is 2.12 bits per heavy atom. The minimum Gasteiger partial charge on any atom is -0.310 e. The number of Topliss-reactive ketones (excluding diaryl/α,β-unsaturated/α-hetero) is 1. The summed E-state index contributed by atoms with van der Waals surface area (Å²) in [6.07, 6.45) is 0.816. The van der Waals surface area contributed by atoms with Gasteiger partial charge >= 0.3 is 0 Å². The van der Waals surface area contributed by atoms with Gasteiger partial charge in [0.1, 0.15) is 0 Å². The van der Waals surface area contributed by atoms with Gasteiger partial charge in [0.05, 0.1) is 6.04 Å². The highest BCUT2D eigenvalue weighted by Gasteiger charge is 2.18. The summed E-state index contributed by atoms with van der Waals surface area (Å²) in [5.74, 6) is 0.176. The molecule has 0 spiro atoms. The van der Waals surface area contributed by atoms with Crippen LogP contribution >= 0.6 is 0 Å². The Kier molecular flexibility index (Phi) is 4.47. The zero-order valence-electron chi connectivity index (χ0n) is 11.5. The van der Waals surface area contributed by atoms with E-state index in [4.69, 9.17) is 0 Å². The summed E-state index contributed by atoms with van der Waals surface area (Å²) in [7, 11) is 1.83. The minimum atomic E-state index is -0.0736. The molecule has 1 rings (SSSR count). The minimum absolute atomic E-state index is 0.0736. The van der Waals surface area contributed by atoms with Gasteiger partial charge < -0.3 is 5.32 Å². The van der Waals surface area contributed by atoms with Crippen molar-refractivity contribution >= 4 is 5.78 Å². The van der Waals surface area contributed by atoms with Crippen LogP contribution in [0, 0.1) is 0 Å². The number of ketones is 1. The van der Waals surface area contributed by atoms with Gasteiger partial charge in [-0.1, -0.05) is 52.0 Å². The summed E-state index contributed by atoms with van der Waals surface area (Å²) in [4.78, 5) is 12.1. The molecule has 17 heavy (non-hydrogen) atoms. The quantitative estimate of drug-likeness (QED) is 0.809. The molecule has 94 valence electrons. The lowest BCUT2D eigenvalue weighted by Gasteiger charge is -2.19. The molecule has 1 aromatic rings. The molecule has 1 N–H and O–H groups in total. The standard InChI is InChI=1S/C15H23NO/c1-6-13(16-5)14(17)11-7-9-12(10-8-11)15(2,3)4/h7-10,13,16H,6H2,1-5H3. The van der Waals surface area contributed by atoms with Crippen molar-refractivity contribution in [2.45, 2.75) is 45.6 Å². The van der Waals surface area contributed by atoms with Crippen molar-refractivity contribution in [3.05, 3.63) is 35.4 Å². The van der Waals surface area contributed by atoms with Gasteiger partial charge in [-0.25, -0.2) is 0 Å². The van der Waals surface area contributed by atoms with Crippen LogP contribution in [0.25, 0.3) is 0 Å². The van der Waals surface area contributed by atoms with E-state index < -0.39 is 0 Å². The molecule has 0 radical (unpaired) electrons. The second-order valence-electron chi connectivity index (χ2n) is 5.44. The molecule has 0 aliphatic heterocycles. The van der Waals surface area contributed by atoms with Crippen molar-refractivity contribution in [3.8, 4) is 0 Å². The van der Waals surface area contributed by atoms with Gasteiger partial charge in [-0.05, 0) is 24.4 Å². The van der Waals surface area contributed by atoms with Gasteiger partial charge in [0.25, 0.3) is 0 Å². The lowest BCUT2D eigenvalue weighted by atomic mass is 9.86. The Hall–Kier alpha value is -1.15. The fourth-order valence-electron chi connectivity index (χ4n) is 1.86. The Labute approximate surface area is 104 Å². The molecule has 0 amide bonds. The highest BCUT2D eigenvalue weighted by atomic mass is 16.1. The third-order valence-corrected chi connectivity index (χ3v) is 3.11. The predicted octanol–water partition coefficient (Wildman–Crippen LogP) is 3.16. The number of benzene rings is 1. The maximum absolute atomic E-state index is 12.1. The molecule has 2 nitrogen and oxygen atoms in total. The van der Waals surface area contributed by atoms with Crippen molar-refractivity contribution in [3.63, 3.8) is 0 Å². The van der Waals surface area contributed by atoms with Gasteiger partial charge in [0, 0.05) is 5.56 Å². The van der Waals surface area contributed by atoms with E-state index in [2.05, 4.69) is 38.2 Å². The van der Waals surface area contributed by atoms with E-state index in [0.29, 0.717) is 0 Å². The summed E-state index contributed by atoms with van der Waals surface area (Å²) < 4.78 is 0. The van der Waals surface area contributed by atoms with Gasteiger partial charge in [-0.2, -0.15) is 0 Å². The molecule has 1 aromatic carbocycles. The molecule has 0 aliphatic rings. The van der Waals surface area contributed by atoms with Gasteiger partial charge in [-0.15, -0.1) is 0 Å². The maximum atomic E-state index is 12.1. The van der Waals surface area contributed by atoms with E-state index in [1.54, 1.807) is 0 Å². The van der Waals surface area contributed by atoms with Crippen LogP contribution in [-0.2, 0) is 5.41 Å². The zero-order valence-corrected chi connectivity index (χ0v) is 11.5. The average Bonchev–Trinajstić information content (AvgIpc) is 2.29. The van der Waals surface area contributed by atoms with Gasteiger partial charge in [0.15, 0.2) is 5.78 Å². The third kappa shape index (κ3) is 3.40. The molecule has 0 aliphatic carbocycles. The molecule has 0 heterocycles. The molecular formula is C15H23NO. The Morgan fingerprint density at radius 1 is 1.24 bits per heavy atom. The van der Waals surface area contributed by atoms with Crippen LogP contribution in [0.15, 0.2) is 24.3 Å². The molecule has 2 heteroatoms. The summed E-state index contributed by atoms with van der Waals surface area (Å²) in [5.41, 5.74) is 2.18. The fourth-order valence-corrected chi connectivity index (χ4v) is 1.86. The van der Waals surface area contributed by atoms with Crippen molar-refractivity contribution in [2.24, 2.45) is 0 Å². The zero-order chi connectivity index (χ0) is 13.1. The highest BCUT2D eigenvalue weighted by molar-refractivity contribution is 6.00. The molecule has 1 unspecified atom stereocenters. The first-order valence-corrected chi connectivity index (χ1v) is 6.22. The van der Waals surface area contributed by atoms with Crippen molar-refractivity contribution in [1.82, 2.24) is 5.32 Å². The largest absolute Gasteiger partial charge is 0.310 e. The number of carbonyl (C=O) groups excluding carboxylic acids is 1. The lowest BCUT2D eigenvalue weighted by molar-refractivity contribution is 0.0945. The van der Waals surface area contributed by atoms with E-state index >= 15 is 0 Å². The van der Waals surface area contributed by atoms with Crippen molar-refractivity contribution < 1.29 is 4.79 Å². The van der Waals surface area contributed by atoms with Crippen LogP contribution in [0.3, 0.4) is 0 Å². The van der Waals surface area contributed by atoms with Gasteiger partial charge in [0.2, 0.25) is 0 Å². The lowest BCUT2D eigenvalue weighted by Crippen LogP contribution is -2.33. The number of carbonyl (C=O) groups is 1. The van der Waals surface area contributed by atoms with E-state index in [9.17, 15) is 4.79 Å². The number of nitrogens with one attached hydrogen (secondary N) is 1. The van der Waals surface area contributed by atoms with E-state index in [1.807, 2.05) is 26.1 Å². The Morgan fingerprint density at radius 2 is 1.76 bits per heavy atom. The number of hydrogen-bond donors (Lipinski definition) is 1. The first-order chi connectivity index (χ1) is 7.90. The van der Waals surface area contributed by atoms with Gasteiger partial charge in [-0.3, -0.25) is 4.79 Å². The molecule has 0 saturated heterocycles. The SMILES string of the molecule is CCC(NC)C(=O)c1ccc(C(C)(C)C)cc1. The van der Waals surface area contributed by atoms with Crippen LogP contribution in [-0.4, -0.2) is 18.9 Å². The predicted molar refractivity (Wildman–Crippen MR) is 72.6 cm³/mol. The van der Waals surface area contributed by atoms with Crippen molar-refractivity contribution in [2.75, 3.05) is 7.05 Å². The number of rotatable bonds is 4. The number of hydrogen-bond acceptors (Lipinski definition) is 2. The van der Waals surface area contributed by atoms with E-state index in [1.165, 1.54) is 5.56 Å². The normalized spacial score (nSPS) is 13.5. The van der Waals surface area contributed by atoms with Crippen molar-refractivity contribution in [1.29, 1.82) is 0 Å². The molecular weight excluding hydrogens is 210 g/mol. The second-order valence-corrected chi connectivity index (χ2v) is 5.44. The summed E-state index contributed by atoms with van der Waals surface area (Å²) in [6.45, 7) is 8.54. The van der Waals surface area contributed by atoms with Crippen LogP contribution in [0.4, 0.5) is 0 Å². The second kappa shape index (κ2) is 5.46. The first kappa shape index (κ1) is 13.9. The highest BCUT2D eigenvalue weighted by Crippen LogP contribution is 2.22. The maximum Gasteiger partial charge on any atom is 0.179 e. The Bertz CT molecular complexity index is 369. The van der Waals surface area contributed by atoms with Crippen LogP contribution in [0.1, 0.15) is 50.0 Å². The molecule has 0 fully saturated rings. The summed E-state index contributed by atoms with van der Waals surface area (Å²) in [5, 5.41) is 3.05. The average molecular weight is 233 g/mol. The first-order valence-electron chi connectivity index (χ1n) is 6.22. The molecule has 0 bridgehead atoms. The number of likely N-dealkylation sites (N-methyl/N-ethyl adjacent to an activating group) is 1. The molecule has 0 aromatic heterocycles. The summed E-state index contributed by atoms with van der Waals surface area (Å²) >= 11 is 0. The molecule has 0 saturated carbocycles. The van der Waals surface area contributed by atoms with Crippen LogP contribution in [0.2, 0.25) is 0 Å². The fraction of sp³-hybridized carbons (Fsp3) is 0.533. The molecule has 1 atom stereocenters. The third-order valence-electron chi connectivity index (χ3n) is 3.11. The monoisotopic (exact) mass is 233 g/mol. The Balaban J connectivity index is 2.91. The topological polar surface area (TPSA) is 29.1 Å². The van der Waals surface area contributed by atoms with E-state index in [-0.39, 0.29) is 17.2 Å². The smallest absolute Gasteiger partial charge is 0.179 e. The van der Waals surface area contributed by atoms with Crippen LogP contribution < -0.4 is 5.32 Å². The van der Waals surface area contributed by atoms with E-state index in [0.717, 1.165) is 12.0 Å². The summed E-state index contributed by atoms with van der Waals surface area (Å²) in [6, 6.07) is 7.90.